The zero-order chi connectivity index (χ0) is 13.9. The van der Waals surface area contributed by atoms with Crippen LogP contribution in [0.15, 0.2) is 5.38 Å². The van der Waals surface area contributed by atoms with E-state index in [-0.39, 0.29) is 5.41 Å². The normalized spacial score (nSPS) is 21.8. The van der Waals surface area contributed by atoms with Crippen LogP contribution in [0.5, 0.6) is 0 Å². The molecule has 0 amide bonds. The molecule has 1 saturated heterocycles. The highest BCUT2D eigenvalue weighted by atomic mass is 79.9. The van der Waals surface area contributed by atoms with E-state index >= 15 is 0 Å². The maximum absolute atomic E-state index is 4.84. The van der Waals surface area contributed by atoms with E-state index in [1.165, 1.54) is 42.9 Å². The molecule has 1 atom stereocenters. The zero-order valence-corrected chi connectivity index (χ0v) is 14.7. The van der Waals surface area contributed by atoms with E-state index in [9.17, 15) is 0 Å². The van der Waals surface area contributed by atoms with Crippen LogP contribution < -0.4 is 0 Å². The molecule has 0 saturated carbocycles. The van der Waals surface area contributed by atoms with Gasteiger partial charge in [-0.1, -0.05) is 43.1 Å². The molecule has 4 heteroatoms. The predicted molar refractivity (Wildman–Crippen MR) is 87.3 cm³/mol. The second-order valence-electron chi connectivity index (χ2n) is 6.47. The lowest BCUT2D eigenvalue weighted by molar-refractivity contribution is 0.137. The Kier molecular flexibility index (Phi) is 5.44. The van der Waals surface area contributed by atoms with Gasteiger partial charge in [0.1, 0.15) is 5.01 Å². The van der Waals surface area contributed by atoms with Crippen molar-refractivity contribution in [3.8, 4) is 0 Å². The maximum Gasteiger partial charge on any atom is 0.107 e. The number of thiazole rings is 1. The number of piperidine rings is 1. The maximum atomic E-state index is 4.84. The van der Waals surface area contributed by atoms with Gasteiger partial charge < -0.3 is 0 Å². The summed E-state index contributed by atoms with van der Waals surface area (Å²) >= 11 is 5.41. The molecule has 0 radical (unpaired) electrons. The number of aromatic nitrogens is 1. The molecular weight excluding hydrogens is 320 g/mol. The minimum absolute atomic E-state index is 0.173. The number of likely N-dealkylation sites (tertiary alicyclic amines) is 1. The van der Waals surface area contributed by atoms with E-state index in [0.29, 0.717) is 0 Å². The van der Waals surface area contributed by atoms with Crippen LogP contribution >= 0.6 is 27.3 Å². The third-order valence-electron chi connectivity index (χ3n) is 3.85. The summed E-state index contributed by atoms with van der Waals surface area (Å²) in [6, 6.07) is 0.745. The quantitative estimate of drug-likeness (QED) is 0.743. The van der Waals surface area contributed by atoms with Crippen molar-refractivity contribution in [3.63, 3.8) is 0 Å². The summed E-state index contributed by atoms with van der Waals surface area (Å²) in [5, 5.41) is 4.63. The first kappa shape index (κ1) is 15.5. The molecule has 2 heterocycles. The molecule has 1 fully saturated rings. The van der Waals surface area contributed by atoms with Gasteiger partial charge in [-0.2, -0.15) is 0 Å². The molecule has 1 aliphatic rings. The van der Waals surface area contributed by atoms with Gasteiger partial charge in [-0.15, -0.1) is 11.3 Å². The molecule has 1 aliphatic heterocycles. The second-order valence-corrected chi connectivity index (χ2v) is 8.21. The van der Waals surface area contributed by atoms with Crippen molar-refractivity contribution in [2.75, 3.05) is 11.9 Å². The molecule has 0 bridgehead atoms. The molecule has 0 aromatic carbocycles. The van der Waals surface area contributed by atoms with Gasteiger partial charge in [-0.3, -0.25) is 4.90 Å². The van der Waals surface area contributed by atoms with Gasteiger partial charge in [0.15, 0.2) is 0 Å². The van der Waals surface area contributed by atoms with Gasteiger partial charge >= 0.3 is 0 Å². The molecule has 108 valence electrons. The number of hydrogen-bond acceptors (Lipinski definition) is 3. The van der Waals surface area contributed by atoms with Crippen LogP contribution in [-0.4, -0.2) is 27.8 Å². The SMILES string of the molecule is CC(C)(C)c1csc(CN2CCCCC2CCBr)n1. The number of halogens is 1. The van der Waals surface area contributed by atoms with Crippen molar-refractivity contribution >= 4 is 27.3 Å². The van der Waals surface area contributed by atoms with E-state index in [0.717, 1.165) is 17.9 Å². The van der Waals surface area contributed by atoms with Crippen molar-refractivity contribution in [1.29, 1.82) is 0 Å². The molecule has 0 spiro atoms. The smallest absolute Gasteiger partial charge is 0.107 e. The first-order valence-electron chi connectivity index (χ1n) is 7.25. The zero-order valence-electron chi connectivity index (χ0n) is 12.3. The Morgan fingerprint density at radius 2 is 2.21 bits per heavy atom. The third-order valence-corrected chi connectivity index (χ3v) is 5.14. The summed E-state index contributed by atoms with van der Waals surface area (Å²) in [6.45, 7) is 8.99. The first-order chi connectivity index (χ1) is 9.00. The van der Waals surface area contributed by atoms with E-state index in [4.69, 9.17) is 4.98 Å². The van der Waals surface area contributed by atoms with Gasteiger partial charge in [0.2, 0.25) is 0 Å². The summed E-state index contributed by atoms with van der Waals surface area (Å²) in [7, 11) is 0. The van der Waals surface area contributed by atoms with Crippen molar-refractivity contribution in [3.05, 3.63) is 16.1 Å². The monoisotopic (exact) mass is 344 g/mol. The average molecular weight is 345 g/mol. The lowest BCUT2D eigenvalue weighted by atomic mass is 9.93. The molecule has 2 rings (SSSR count). The summed E-state index contributed by atoms with van der Waals surface area (Å²) < 4.78 is 0. The van der Waals surface area contributed by atoms with E-state index in [2.05, 4.69) is 47.0 Å². The van der Waals surface area contributed by atoms with Crippen molar-refractivity contribution < 1.29 is 0 Å². The van der Waals surface area contributed by atoms with E-state index in [1.54, 1.807) is 0 Å². The fourth-order valence-corrected chi connectivity index (χ4v) is 4.20. The first-order valence-corrected chi connectivity index (χ1v) is 9.25. The van der Waals surface area contributed by atoms with E-state index in [1.807, 2.05) is 11.3 Å². The molecular formula is C15H25BrN2S. The van der Waals surface area contributed by atoms with Crippen LogP contribution in [-0.2, 0) is 12.0 Å². The highest BCUT2D eigenvalue weighted by molar-refractivity contribution is 9.09. The van der Waals surface area contributed by atoms with Gasteiger partial charge in [0.05, 0.1) is 12.2 Å². The lowest BCUT2D eigenvalue weighted by Crippen LogP contribution is -2.39. The number of rotatable bonds is 4. The predicted octanol–water partition coefficient (Wildman–Crippen LogP) is 4.58. The molecule has 1 aromatic heterocycles. The van der Waals surface area contributed by atoms with Crippen LogP contribution in [0.3, 0.4) is 0 Å². The minimum Gasteiger partial charge on any atom is -0.294 e. The molecule has 1 unspecified atom stereocenters. The Bertz CT molecular complexity index is 395. The van der Waals surface area contributed by atoms with Crippen molar-refractivity contribution in [2.24, 2.45) is 0 Å². The van der Waals surface area contributed by atoms with Crippen LogP contribution in [0.2, 0.25) is 0 Å². The van der Waals surface area contributed by atoms with Crippen molar-refractivity contribution in [2.45, 2.75) is 64.5 Å². The lowest BCUT2D eigenvalue weighted by Gasteiger charge is -2.34. The summed E-state index contributed by atoms with van der Waals surface area (Å²) in [4.78, 5) is 7.47. The van der Waals surface area contributed by atoms with Gasteiger partial charge in [0, 0.05) is 22.2 Å². The topological polar surface area (TPSA) is 16.1 Å². The van der Waals surface area contributed by atoms with Gasteiger partial charge in [-0.05, 0) is 25.8 Å². The van der Waals surface area contributed by atoms with Crippen LogP contribution in [0.1, 0.15) is 57.2 Å². The van der Waals surface area contributed by atoms with Gasteiger partial charge in [0.25, 0.3) is 0 Å². The molecule has 2 nitrogen and oxygen atoms in total. The Morgan fingerprint density at radius 3 is 2.84 bits per heavy atom. The van der Waals surface area contributed by atoms with Crippen LogP contribution in [0.25, 0.3) is 0 Å². The molecule has 19 heavy (non-hydrogen) atoms. The Morgan fingerprint density at radius 1 is 1.42 bits per heavy atom. The third kappa shape index (κ3) is 4.27. The Balaban J connectivity index is 2.00. The number of nitrogens with zero attached hydrogens (tertiary/aromatic N) is 2. The minimum atomic E-state index is 0.173. The fourth-order valence-electron chi connectivity index (χ4n) is 2.62. The number of hydrogen-bond donors (Lipinski definition) is 0. The molecule has 1 aromatic rings. The molecule has 0 aliphatic carbocycles. The summed E-state index contributed by atoms with van der Waals surface area (Å²) in [5.41, 5.74) is 1.41. The van der Waals surface area contributed by atoms with Crippen LogP contribution in [0, 0.1) is 0 Å². The Hall–Kier alpha value is 0.0700. The Labute approximate surface area is 129 Å². The highest BCUT2D eigenvalue weighted by Crippen LogP contribution is 2.27. The second kappa shape index (κ2) is 6.68. The fraction of sp³-hybridized carbons (Fsp3) is 0.800. The number of alkyl halides is 1. The van der Waals surface area contributed by atoms with Crippen LogP contribution in [0.4, 0.5) is 0 Å². The van der Waals surface area contributed by atoms with E-state index < -0.39 is 0 Å². The average Bonchev–Trinajstić information content (AvgIpc) is 2.80. The van der Waals surface area contributed by atoms with Gasteiger partial charge in [-0.25, -0.2) is 4.98 Å². The standard InChI is InChI=1S/C15H25BrN2S/c1-15(2,3)13-11-19-14(17-13)10-18-9-5-4-6-12(18)7-8-16/h11-12H,4-10H2,1-3H3. The summed E-state index contributed by atoms with van der Waals surface area (Å²) in [5.74, 6) is 0. The largest absolute Gasteiger partial charge is 0.294 e. The molecule has 0 N–H and O–H groups in total. The van der Waals surface area contributed by atoms with Crippen molar-refractivity contribution in [1.82, 2.24) is 9.88 Å². The summed E-state index contributed by atoms with van der Waals surface area (Å²) in [6.07, 6.45) is 5.34. The highest BCUT2D eigenvalue weighted by Gasteiger charge is 2.24.